The first-order valence-corrected chi connectivity index (χ1v) is 7.68. The summed E-state index contributed by atoms with van der Waals surface area (Å²) in [5, 5.41) is 0. The second-order valence-electron chi connectivity index (χ2n) is 6.11. The number of methoxy groups -OCH3 is 1. The minimum atomic E-state index is 0.215. The lowest BCUT2D eigenvalue weighted by Gasteiger charge is -2.23. The Morgan fingerprint density at radius 1 is 1.43 bits per heavy atom. The topological polar surface area (TPSA) is 55.6 Å². The van der Waals surface area contributed by atoms with Crippen molar-refractivity contribution in [1.29, 1.82) is 0 Å². The molecule has 1 heterocycles. The minimum Gasteiger partial charge on any atom is -0.497 e. The average Bonchev–Trinajstić information content (AvgIpc) is 2.88. The van der Waals surface area contributed by atoms with Gasteiger partial charge in [-0.15, -0.1) is 0 Å². The molecule has 1 amide bonds. The van der Waals surface area contributed by atoms with Crippen LogP contribution in [-0.4, -0.2) is 37.0 Å². The van der Waals surface area contributed by atoms with Crippen molar-refractivity contribution in [3.63, 3.8) is 0 Å². The van der Waals surface area contributed by atoms with E-state index in [-0.39, 0.29) is 11.8 Å². The third-order valence-corrected chi connectivity index (χ3v) is 4.48. The molecule has 1 aliphatic rings. The lowest BCUT2D eigenvalue weighted by Crippen LogP contribution is -2.35. The fourth-order valence-corrected chi connectivity index (χ4v) is 3.09. The van der Waals surface area contributed by atoms with Crippen molar-refractivity contribution in [2.75, 3.05) is 20.2 Å². The number of carbonyl (C=O) groups is 1. The van der Waals surface area contributed by atoms with E-state index < -0.39 is 0 Å². The van der Waals surface area contributed by atoms with Gasteiger partial charge in [0.25, 0.3) is 0 Å². The van der Waals surface area contributed by atoms with Crippen LogP contribution in [0.3, 0.4) is 0 Å². The molecule has 1 aromatic carbocycles. The fraction of sp³-hybridized carbons (Fsp3) is 0.588. The molecule has 1 aliphatic heterocycles. The van der Waals surface area contributed by atoms with Crippen LogP contribution < -0.4 is 10.5 Å². The van der Waals surface area contributed by atoms with Crippen LogP contribution in [0.15, 0.2) is 24.3 Å². The zero-order chi connectivity index (χ0) is 15.4. The Bertz CT molecular complexity index is 472. The molecule has 3 unspecified atom stereocenters. The highest BCUT2D eigenvalue weighted by atomic mass is 16.5. The van der Waals surface area contributed by atoms with Crippen molar-refractivity contribution in [3.8, 4) is 5.75 Å². The maximum Gasteiger partial charge on any atom is 0.223 e. The molecule has 1 saturated heterocycles. The molecule has 116 valence electrons. The number of ether oxygens (including phenoxy) is 1. The Kier molecular flexibility index (Phi) is 5.23. The third-order valence-electron chi connectivity index (χ3n) is 4.48. The Labute approximate surface area is 127 Å². The standard InChI is InChI=1S/C17H26N2O2/c1-12(15-4-6-16(21-3)7-5-15)8-17(20)19-11-14(10-18)9-13(19)2/h4-7,12-14H,8-11,18H2,1-3H3. The molecule has 0 spiro atoms. The van der Waals surface area contributed by atoms with Crippen molar-refractivity contribution in [2.45, 2.75) is 38.6 Å². The molecule has 4 heteroatoms. The summed E-state index contributed by atoms with van der Waals surface area (Å²) in [6.45, 7) is 5.69. The normalized spacial score (nSPS) is 23.1. The molecule has 0 saturated carbocycles. The van der Waals surface area contributed by atoms with Crippen LogP contribution in [0.1, 0.15) is 38.2 Å². The van der Waals surface area contributed by atoms with Gasteiger partial charge in [-0.1, -0.05) is 19.1 Å². The second-order valence-corrected chi connectivity index (χ2v) is 6.11. The van der Waals surface area contributed by atoms with E-state index in [1.54, 1.807) is 7.11 Å². The maximum atomic E-state index is 12.5. The Morgan fingerprint density at radius 2 is 2.10 bits per heavy atom. The van der Waals surface area contributed by atoms with Crippen LogP contribution in [0, 0.1) is 5.92 Å². The van der Waals surface area contributed by atoms with E-state index in [9.17, 15) is 4.79 Å². The SMILES string of the molecule is COc1ccc(C(C)CC(=O)N2CC(CN)CC2C)cc1. The molecule has 3 atom stereocenters. The Balaban J connectivity index is 1.95. The van der Waals surface area contributed by atoms with Crippen LogP contribution >= 0.6 is 0 Å². The number of amides is 1. The number of carbonyl (C=O) groups excluding carboxylic acids is 1. The van der Waals surface area contributed by atoms with E-state index in [2.05, 4.69) is 13.8 Å². The first-order chi connectivity index (χ1) is 10.0. The molecule has 1 fully saturated rings. The van der Waals surface area contributed by atoms with Crippen molar-refractivity contribution >= 4 is 5.91 Å². The summed E-state index contributed by atoms with van der Waals surface area (Å²) in [5.74, 6) is 1.76. The first kappa shape index (κ1) is 15.8. The molecule has 2 N–H and O–H groups in total. The van der Waals surface area contributed by atoms with Crippen LogP contribution in [0.2, 0.25) is 0 Å². The van der Waals surface area contributed by atoms with Gasteiger partial charge in [0.15, 0.2) is 0 Å². The first-order valence-electron chi connectivity index (χ1n) is 7.68. The molecule has 21 heavy (non-hydrogen) atoms. The van der Waals surface area contributed by atoms with Gasteiger partial charge < -0.3 is 15.4 Å². The zero-order valence-electron chi connectivity index (χ0n) is 13.2. The number of hydrogen-bond donors (Lipinski definition) is 1. The van der Waals surface area contributed by atoms with Gasteiger partial charge in [0.2, 0.25) is 5.91 Å². The van der Waals surface area contributed by atoms with Gasteiger partial charge in [-0.2, -0.15) is 0 Å². The minimum absolute atomic E-state index is 0.215. The summed E-state index contributed by atoms with van der Waals surface area (Å²) in [4.78, 5) is 14.5. The summed E-state index contributed by atoms with van der Waals surface area (Å²) >= 11 is 0. The Hall–Kier alpha value is -1.55. The fourth-order valence-electron chi connectivity index (χ4n) is 3.09. The highest BCUT2D eigenvalue weighted by Gasteiger charge is 2.31. The number of rotatable bonds is 5. The molecule has 0 radical (unpaired) electrons. The summed E-state index contributed by atoms with van der Waals surface area (Å²) in [6.07, 6.45) is 1.58. The maximum absolute atomic E-state index is 12.5. The van der Waals surface area contributed by atoms with Gasteiger partial charge in [0.05, 0.1) is 7.11 Å². The number of nitrogens with zero attached hydrogens (tertiary/aromatic N) is 1. The molecule has 0 aromatic heterocycles. The van der Waals surface area contributed by atoms with Crippen molar-refractivity contribution in [1.82, 2.24) is 4.90 Å². The van der Waals surface area contributed by atoms with Gasteiger partial charge in [0.1, 0.15) is 5.75 Å². The van der Waals surface area contributed by atoms with Crippen LogP contribution in [-0.2, 0) is 4.79 Å². The summed E-state index contributed by atoms with van der Waals surface area (Å²) in [6, 6.07) is 8.27. The number of benzene rings is 1. The molecule has 4 nitrogen and oxygen atoms in total. The molecule has 2 rings (SSSR count). The number of nitrogens with two attached hydrogens (primary N) is 1. The predicted octanol–water partition coefficient (Wildman–Crippen LogP) is 2.38. The highest BCUT2D eigenvalue weighted by Crippen LogP contribution is 2.27. The zero-order valence-corrected chi connectivity index (χ0v) is 13.2. The van der Waals surface area contributed by atoms with E-state index in [0.717, 1.165) is 18.7 Å². The second kappa shape index (κ2) is 6.94. The van der Waals surface area contributed by atoms with Crippen LogP contribution in [0.4, 0.5) is 0 Å². The predicted molar refractivity (Wildman–Crippen MR) is 84.4 cm³/mol. The van der Waals surface area contributed by atoms with Gasteiger partial charge in [0, 0.05) is 19.0 Å². The van der Waals surface area contributed by atoms with Crippen molar-refractivity contribution in [2.24, 2.45) is 11.7 Å². The van der Waals surface area contributed by atoms with E-state index in [1.165, 1.54) is 5.56 Å². The number of likely N-dealkylation sites (tertiary alicyclic amines) is 1. The van der Waals surface area contributed by atoms with Crippen molar-refractivity contribution < 1.29 is 9.53 Å². The summed E-state index contributed by atoms with van der Waals surface area (Å²) < 4.78 is 5.16. The Morgan fingerprint density at radius 3 is 2.62 bits per heavy atom. The third kappa shape index (κ3) is 3.76. The van der Waals surface area contributed by atoms with E-state index in [4.69, 9.17) is 10.5 Å². The smallest absolute Gasteiger partial charge is 0.223 e. The van der Waals surface area contributed by atoms with Gasteiger partial charge >= 0.3 is 0 Å². The van der Waals surface area contributed by atoms with Crippen LogP contribution in [0.5, 0.6) is 5.75 Å². The van der Waals surface area contributed by atoms with Crippen LogP contribution in [0.25, 0.3) is 0 Å². The molecule has 0 aliphatic carbocycles. The van der Waals surface area contributed by atoms with E-state index in [1.807, 2.05) is 29.2 Å². The largest absolute Gasteiger partial charge is 0.497 e. The van der Waals surface area contributed by atoms with E-state index >= 15 is 0 Å². The quantitative estimate of drug-likeness (QED) is 0.906. The van der Waals surface area contributed by atoms with Gasteiger partial charge in [-0.05, 0) is 49.4 Å². The van der Waals surface area contributed by atoms with E-state index in [0.29, 0.717) is 24.9 Å². The van der Waals surface area contributed by atoms with Gasteiger partial charge in [-0.25, -0.2) is 0 Å². The summed E-state index contributed by atoms with van der Waals surface area (Å²) in [7, 11) is 1.66. The lowest BCUT2D eigenvalue weighted by atomic mass is 9.97. The average molecular weight is 290 g/mol. The van der Waals surface area contributed by atoms with Crippen molar-refractivity contribution in [3.05, 3.63) is 29.8 Å². The molecule has 1 aromatic rings. The highest BCUT2D eigenvalue weighted by molar-refractivity contribution is 5.77. The summed E-state index contributed by atoms with van der Waals surface area (Å²) in [5.41, 5.74) is 6.90. The number of hydrogen-bond acceptors (Lipinski definition) is 3. The lowest BCUT2D eigenvalue weighted by molar-refractivity contribution is -0.132. The van der Waals surface area contributed by atoms with Gasteiger partial charge in [-0.3, -0.25) is 4.79 Å². The molecule has 0 bridgehead atoms. The molecular formula is C17H26N2O2. The monoisotopic (exact) mass is 290 g/mol. The molecular weight excluding hydrogens is 264 g/mol.